The van der Waals surface area contributed by atoms with Gasteiger partial charge < -0.3 is 25.4 Å². The number of ether oxygens (including phenoxy) is 2. The van der Waals surface area contributed by atoms with Gasteiger partial charge in [0.05, 0.1) is 23.9 Å². The van der Waals surface area contributed by atoms with Gasteiger partial charge in [-0.15, -0.1) is 0 Å². The molecule has 0 aromatic heterocycles. The van der Waals surface area contributed by atoms with Crippen LogP contribution in [0.4, 0.5) is 10.1 Å². The maximum absolute atomic E-state index is 13.4. The molecule has 0 radical (unpaired) electrons. The molecule has 1 aliphatic rings. The van der Waals surface area contributed by atoms with Gasteiger partial charge in [-0.1, -0.05) is 23.2 Å². The predicted octanol–water partition coefficient (Wildman–Crippen LogP) is 3.40. The van der Waals surface area contributed by atoms with Crippen LogP contribution < -0.4 is 25.4 Å². The SMILES string of the molecule is COc1cc(Cl)ccc1NC(=O)[C@H]1CC[C@H](NC(=O)COc2ccc(Cl)c(F)c2)CN1. The molecule has 2 aromatic carbocycles. The van der Waals surface area contributed by atoms with Crippen LogP contribution in [0.5, 0.6) is 11.5 Å². The van der Waals surface area contributed by atoms with Crippen LogP contribution in [0.1, 0.15) is 12.8 Å². The van der Waals surface area contributed by atoms with Gasteiger partial charge in [0, 0.05) is 29.7 Å². The van der Waals surface area contributed by atoms with Gasteiger partial charge in [0.1, 0.15) is 17.3 Å². The highest BCUT2D eigenvalue weighted by Gasteiger charge is 2.27. The molecule has 0 aliphatic carbocycles. The number of anilines is 1. The number of hydrogen-bond donors (Lipinski definition) is 3. The monoisotopic (exact) mass is 469 g/mol. The van der Waals surface area contributed by atoms with E-state index in [0.717, 1.165) is 6.07 Å². The second kappa shape index (κ2) is 10.7. The van der Waals surface area contributed by atoms with Crippen LogP contribution in [0.15, 0.2) is 36.4 Å². The largest absolute Gasteiger partial charge is 0.495 e. The van der Waals surface area contributed by atoms with E-state index < -0.39 is 11.9 Å². The summed E-state index contributed by atoms with van der Waals surface area (Å²) in [4.78, 5) is 24.7. The number of halogens is 3. The van der Waals surface area contributed by atoms with Crippen LogP contribution in [0.25, 0.3) is 0 Å². The number of hydrogen-bond acceptors (Lipinski definition) is 5. The highest BCUT2D eigenvalue weighted by Crippen LogP contribution is 2.28. The van der Waals surface area contributed by atoms with Crippen molar-refractivity contribution in [1.82, 2.24) is 10.6 Å². The number of nitrogens with one attached hydrogen (secondary N) is 3. The molecule has 7 nitrogen and oxygen atoms in total. The van der Waals surface area contributed by atoms with E-state index in [4.69, 9.17) is 32.7 Å². The molecule has 0 saturated carbocycles. The maximum Gasteiger partial charge on any atom is 0.258 e. The van der Waals surface area contributed by atoms with Crippen molar-refractivity contribution in [2.45, 2.75) is 24.9 Å². The number of rotatable bonds is 7. The normalized spacial score (nSPS) is 18.2. The molecule has 2 atom stereocenters. The summed E-state index contributed by atoms with van der Waals surface area (Å²) < 4.78 is 23.9. The fourth-order valence-electron chi connectivity index (χ4n) is 3.18. The van der Waals surface area contributed by atoms with Gasteiger partial charge in [-0.25, -0.2) is 4.39 Å². The zero-order chi connectivity index (χ0) is 22.4. The quantitative estimate of drug-likeness (QED) is 0.578. The lowest BCUT2D eigenvalue weighted by Crippen LogP contribution is -2.53. The zero-order valence-electron chi connectivity index (χ0n) is 16.7. The third-order valence-corrected chi connectivity index (χ3v) is 5.32. The average Bonchev–Trinajstić information content (AvgIpc) is 2.76. The Balaban J connectivity index is 1.43. The number of benzene rings is 2. The van der Waals surface area contributed by atoms with Gasteiger partial charge in [0.2, 0.25) is 5.91 Å². The van der Waals surface area contributed by atoms with Crippen molar-refractivity contribution >= 4 is 40.7 Å². The van der Waals surface area contributed by atoms with Crippen molar-refractivity contribution in [1.29, 1.82) is 0 Å². The summed E-state index contributed by atoms with van der Waals surface area (Å²) in [5, 5.41) is 9.29. The Labute approximate surface area is 189 Å². The van der Waals surface area contributed by atoms with Crippen molar-refractivity contribution in [3.63, 3.8) is 0 Å². The standard InChI is InChI=1S/C21H22Cl2FN3O4/c1-30-19-8-12(22)2-6-17(19)27-21(29)18-7-3-13(10-25-18)26-20(28)11-31-14-4-5-15(23)16(24)9-14/h2,4-6,8-9,13,18,25H,3,7,10-11H2,1H3,(H,26,28)(H,27,29)/t13-,18+/m0/s1. The lowest BCUT2D eigenvalue weighted by Gasteiger charge is -2.29. The molecule has 2 aromatic rings. The van der Waals surface area contributed by atoms with Gasteiger partial charge in [-0.2, -0.15) is 0 Å². The van der Waals surface area contributed by atoms with Crippen LogP contribution in [0.3, 0.4) is 0 Å². The Hall–Kier alpha value is -2.55. The summed E-state index contributed by atoms with van der Waals surface area (Å²) in [5.74, 6) is -0.457. The second-order valence-corrected chi connectivity index (χ2v) is 7.84. The van der Waals surface area contributed by atoms with Crippen molar-refractivity contribution in [3.05, 3.63) is 52.3 Å². The molecule has 0 bridgehead atoms. The van der Waals surface area contributed by atoms with Gasteiger partial charge >= 0.3 is 0 Å². The Bertz CT molecular complexity index is 952. The van der Waals surface area contributed by atoms with E-state index >= 15 is 0 Å². The van der Waals surface area contributed by atoms with Crippen LogP contribution in [-0.2, 0) is 9.59 Å². The Morgan fingerprint density at radius 2 is 2.00 bits per heavy atom. The summed E-state index contributed by atoms with van der Waals surface area (Å²) in [6, 6.07) is 8.39. The lowest BCUT2D eigenvalue weighted by atomic mass is 10.00. The summed E-state index contributed by atoms with van der Waals surface area (Å²) >= 11 is 11.6. The van der Waals surface area contributed by atoms with Crippen LogP contribution in [-0.4, -0.2) is 44.2 Å². The van der Waals surface area contributed by atoms with Crippen molar-refractivity contribution < 1.29 is 23.5 Å². The van der Waals surface area contributed by atoms with Crippen LogP contribution >= 0.6 is 23.2 Å². The Morgan fingerprint density at radius 1 is 1.19 bits per heavy atom. The highest BCUT2D eigenvalue weighted by atomic mass is 35.5. The molecular weight excluding hydrogens is 448 g/mol. The molecule has 10 heteroatoms. The smallest absolute Gasteiger partial charge is 0.258 e. The zero-order valence-corrected chi connectivity index (χ0v) is 18.2. The van der Waals surface area contributed by atoms with Crippen molar-refractivity contribution in [2.24, 2.45) is 0 Å². The summed E-state index contributed by atoms with van der Waals surface area (Å²) in [6.07, 6.45) is 1.15. The van der Waals surface area contributed by atoms with E-state index in [1.807, 2.05) is 0 Å². The van der Waals surface area contributed by atoms with Gasteiger partial charge in [0.25, 0.3) is 5.91 Å². The molecule has 1 saturated heterocycles. The number of methoxy groups -OCH3 is 1. The van der Waals surface area contributed by atoms with Gasteiger partial charge in [-0.3, -0.25) is 9.59 Å². The molecular formula is C21H22Cl2FN3O4. The van der Waals surface area contributed by atoms with E-state index in [1.54, 1.807) is 18.2 Å². The number of amides is 2. The van der Waals surface area contributed by atoms with E-state index in [1.165, 1.54) is 19.2 Å². The molecule has 3 rings (SSSR count). The van der Waals surface area contributed by atoms with E-state index in [0.29, 0.717) is 35.8 Å². The van der Waals surface area contributed by atoms with Crippen LogP contribution in [0, 0.1) is 5.82 Å². The Kier molecular flexibility index (Phi) is 7.95. The van der Waals surface area contributed by atoms with Gasteiger partial charge in [0.15, 0.2) is 6.61 Å². The first-order valence-electron chi connectivity index (χ1n) is 9.60. The maximum atomic E-state index is 13.4. The molecule has 0 unspecified atom stereocenters. The predicted molar refractivity (Wildman–Crippen MR) is 116 cm³/mol. The highest BCUT2D eigenvalue weighted by molar-refractivity contribution is 6.31. The van der Waals surface area contributed by atoms with E-state index in [2.05, 4.69) is 16.0 Å². The van der Waals surface area contributed by atoms with Crippen molar-refractivity contribution in [2.75, 3.05) is 25.6 Å². The molecule has 0 spiro atoms. The number of carbonyl (C=O) groups is 2. The molecule has 1 aliphatic heterocycles. The van der Waals surface area contributed by atoms with E-state index in [-0.39, 0.29) is 35.2 Å². The molecule has 2 amide bonds. The summed E-state index contributed by atoms with van der Waals surface area (Å²) in [5.41, 5.74) is 0.532. The van der Waals surface area contributed by atoms with E-state index in [9.17, 15) is 14.0 Å². The molecule has 166 valence electrons. The summed E-state index contributed by atoms with van der Waals surface area (Å²) in [6.45, 7) is 0.176. The van der Waals surface area contributed by atoms with Crippen LogP contribution in [0.2, 0.25) is 10.0 Å². The molecule has 1 heterocycles. The fourth-order valence-corrected chi connectivity index (χ4v) is 3.46. The number of carbonyl (C=O) groups excluding carboxylic acids is 2. The minimum atomic E-state index is -0.614. The first-order chi connectivity index (χ1) is 14.9. The second-order valence-electron chi connectivity index (χ2n) is 7.00. The third-order valence-electron chi connectivity index (χ3n) is 4.78. The lowest BCUT2D eigenvalue weighted by molar-refractivity contribution is -0.124. The van der Waals surface area contributed by atoms with Crippen molar-refractivity contribution in [3.8, 4) is 11.5 Å². The minimum absolute atomic E-state index is 0.0156. The minimum Gasteiger partial charge on any atom is -0.495 e. The molecule has 3 N–H and O–H groups in total. The Morgan fingerprint density at radius 3 is 2.68 bits per heavy atom. The first kappa shape index (κ1) is 23.1. The van der Waals surface area contributed by atoms with Gasteiger partial charge in [-0.05, 0) is 37.1 Å². The number of piperidine rings is 1. The first-order valence-corrected chi connectivity index (χ1v) is 10.4. The summed E-state index contributed by atoms with van der Waals surface area (Å²) in [7, 11) is 1.50. The third kappa shape index (κ3) is 6.46. The average molecular weight is 470 g/mol. The molecule has 1 fully saturated rings. The topological polar surface area (TPSA) is 88.7 Å². The molecule has 31 heavy (non-hydrogen) atoms. The fraction of sp³-hybridized carbons (Fsp3) is 0.333.